The number of nitrogens with one attached hydrogen (secondary N) is 2. The van der Waals surface area contributed by atoms with Crippen LogP contribution in [0.4, 0.5) is 0 Å². The van der Waals surface area contributed by atoms with Crippen LogP contribution in [-0.4, -0.2) is 41.1 Å². The van der Waals surface area contributed by atoms with Gasteiger partial charge in [-0.2, -0.15) is 0 Å². The number of hydrogen-bond acceptors (Lipinski definition) is 4. The molecule has 23 heavy (non-hydrogen) atoms. The summed E-state index contributed by atoms with van der Waals surface area (Å²) in [7, 11) is -2.04. The van der Waals surface area contributed by atoms with Crippen LogP contribution in [0.3, 0.4) is 0 Å². The number of rotatable bonds is 8. The number of sulfonamides is 1. The molecule has 0 spiro atoms. The molecule has 0 aliphatic rings. The first-order chi connectivity index (χ1) is 10.7. The summed E-state index contributed by atoms with van der Waals surface area (Å²) in [5, 5.41) is 2.62. The van der Waals surface area contributed by atoms with Crippen molar-refractivity contribution in [3.05, 3.63) is 29.8 Å². The summed E-state index contributed by atoms with van der Waals surface area (Å²) in [5.74, 6) is -0.166. The Bertz CT molecular complexity index is 604. The molecule has 6 nitrogen and oxygen atoms in total. The predicted octanol–water partition coefficient (Wildman–Crippen LogP) is 1.42. The topological polar surface area (TPSA) is 84.5 Å². The van der Waals surface area contributed by atoms with E-state index in [1.165, 1.54) is 7.11 Å². The first kappa shape index (κ1) is 19.6. The zero-order valence-electron chi connectivity index (χ0n) is 14.2. The number of carbonyl (C=O) groups is 1. The maximum absolute atomic E-state index is 12.2. The van der Waals surface area contributed by atoms with Crippen molar-refractivity contribution in [1.82, 2.24) is 10.0 Å². The Labute approximate surface area is 138 Å². The second-order valence-electron chi connectivity index (χ2n) is 6.26. The maximum Gasteiger partial charge on any atom is 0.240 e. The molecule has 0 heterocycles. The van der Waals surface area contributed by atoms with Gasteiger partial charge in [0.05, 0.1) is 11.5 Å². The van der Waals surface area contributed by atoms with Crippen LogP contribution >= 0.6 is 0 Å². The molecule has 1 aromatic rings. The average Bonchev–Trinajstić information content (AvgIpc) is 2.49. The van der Waals surface area contributed by atoms with Crippen molar-refractivity contribution in [2.24, 2.45) is 0 Å². The molecule has 0 aromatic heterocycles. The lowest BCUT2D eigenvalue weighted by Crippen LogP contribution is -2.35. The fraction of sp³-hybridized carbons (Fsp3) is 0.562. The van der Waals surface area contributed by atoms with E-state index in [0.29, 0.717) is 6.61 Å². The molecule has 0 bridgehead atoms. The van der Waals surface area contributed by atoms with Gasteiger partial charge in [0.2, 0.25) is 15.9 Å². The van der Waals surface area contributed by atoms with E-state index in [9.17, 15) is 13.2 Å². The fourth-order valence-electron chi connectivity index (χ4n) is 1.89. The number of benzene rings is 1. The molecule has 1 amide bonds. The minimum Gasteiger partial charge on any atom is -0.384 e. The lowest BCUT2D eigenvalue weighted by atomic mass is 9.87. The highest BCUT2D eigenvalue weighted by atomic mass is 32.2. The lowest BCUT2D eigenvalue weighted by Gasteiger charge is -2.19. The van der Waals surface area contributed by atoms with Gasteiger partial charge in [-0.25, -0.2) is 13.1 Å². The fourth-order valence-corrected chi connectivity index (χ4v) is 2.92. The van der Waals surface area contributed by atoms with E-state index in [1.54, 1.807) is 12.1 Å². The highest BCUT2D eigenvalue weighted by Gasteiger charge is 2.17. The summed E-state index contributed by atoms with van der Waals surface area (Å²) in [6.07, 6.45) is 0.261. The zero-order chi connectivity index (χ0) is 17.5. The Kier molecular flexibility index (Phi) is 7.18. The molecule has 0 atom stereocenters. The smallest absolute Gasteiger partial charge is 0.240 e. The molecule has 0 radical (unpaired) electrons. The Morgan fingerprint density at radius 3 is 2.26 bits per heavy atom. The maximum atomic E-state index is 12.2. The number of methoxy groups -OCH3 is 1. The van der Waals surface area contributed by atoms with Crippen LogP contribution in [0.2, 0.25) is 0 Å². The Hall–Kier alpha value is -1.44. The minimum atomic E-state index is -3.56. The summed E-state index contributed by atoms with van der Waals surface area (Å²) in [5.41, 5.74) is 1.05. The quantitative estimate of drug-likeness (QED) is 0.700. The van der Waals surface area contributed by atoms with Crippen molar-refractivity contribution in [3.8, 4) is 0 Å². The summed E-state index contributed by atoms with van der Waals surface area (Å²) in [6, 6.07) is 6.84. The van der Waals surface area contributed by atoms with Crippen LogP contribution in [0, 0.1) is 0 Å². The molecule has 0 unspecified atom stereocenters. The van der Waals surface area contributed by atoms with E-state index < -0.39 is 10.0 Å². The van der Waals surface area contributed by atoms with Gasteiger partial charge in [-0.1, -0.05) is 32.9 Å². The largest absolute Gasteiger partial charge is 0.384 e. The monoisotopic (exact) mass is 342 g/mol. The van der Waals surface area contributed by atoms with Crippen LogP contribution < -0.4 is 10.0 Å². The molecule has 7 heteroatoms. The first-order valence-electron chi connectivity index (χ1n) is 7.52. The summed E-state index contributed by atoms with van der Waals surface area (Å²) < 4.78 is 31.6. The van der Waals surface area contributed by atoms with Crippen molar-refractivity contribution in [1.29, 1.82) is 0 Å². The van der Waals surface area contributed by atoms with Crippen LogP contribution in [0.1, 0.15) is 32.8 Å². The van der Waals surface area contributed by atoms with Crippen LogP contribution in [0.5, 0.6) is 0 Å². The van der Waals surface area contributed by atoms with Gasteiger partial charge in [-0.15, -0.1) is 0 Å². The Morgan fingerprint density at radius 2 is 1.74 bits per heavy atom. The van der Waals surface area contributed by atoms with Gasteiger partial charge in [0, 0.05) is 26.6 Å². The molecule has 1 rings (SSSR count). The van der Waals surface area contributed by atoms with Gasteiger partial charge >= 0.3 is 0 Å². The molecule has 0 saturated carbocycles. The molecule has 2 N–H and O–H groups in total. The molecule has 0 fully saturated rings. The van der Waals surface area contributed by atoms with Crippen LogP contribution in [0.25, 0.3) is 0 Å². The third kappa shape index (κ3) is 6.68. The highest BCUT2D eigenvalue weighted by molar-refractivity contribution is 7.89. The number of hydrogen-bond donors (Lipinski definition) is 2. The Morgan fingerprint density at radius 1 is 1.13 bits per heavy atom. The molecule has 0 aliphatic heterocycles. The van der Waals surface area contributed by atoms with E-state index in [2.05, 4.69) is 30.8 Å². The van der Waals surface area contributed by atoms with Crippen molar-refractivity contribution in [3.63, 3.8) is 0 Å². The van der Waals surface area contributed by atoms with Crippen LogP contribution in [-0.2, 0) is 25.0 Å². The van der Waals surface area contributed by atoms with Gasteiger partial charge in [-0.05, 0) is 23.1 Å². The van der Waals surface area contributed by atoms with E-state index >= 15 is 0 Å². The second-order valence-corrected chi connectivity index (χ2v) is 8.03. The van der Waals surface area contributed by atoms with E-state index in [0.717, 1.165) is 5.56 Å². The van der Waals surface area contributed by atoms with E-state index in [4.69, 9.17) is 4.74 Å². The predicted molar refractivity (Wildman–Crippen MR) is 89.8 cm³/mol. The minimum absolute atomic E-state index is 0.0256. The molecule has 0 saturated heterocycles. The Balaban J connectivity index is 2.51. The third-order valence-electron chi connectivity index (χ3n) is 3.30. The first-order valence-corrected chi connectivity index (χ1v) is 9.01. The zero-order valence-corrected chi connectivity index (χ0v) is 15.0. The third-order valence-corrected chi connectivity index (χ3v) is 4.78. The number of amides is 1. The van der Waals surface area contributed by atoms with E-state index in [-0.39, 0.29) is 35.7 Å². The van der Waals surface area contributed by atoms with Crippen molar-refractivity contribution in [2.75, 3.05) is 26.8 Å². The normalized spacial score (nSPS) is 12.2. The van der Waals surface area contributed by atoms with Crippen molar-refractivity contribution < 1.29 is 17.9 Å². The second kappa shape index (κ2) is 8.42. The van der Waals surface area contributed by atoms with Gasteiger partial charge in [0.15, 0.2) is 0 Å². The SMILES string of the molecule is COCCC(=O)NCCNS(=O)(=O)c1ccc(C(C)(C)C)cc1. The van der Waals surface area contributed by atoms with Gasteiger partial charge in [-0.3, -0.25) is 4.79 Å². The molecular formula is C16H26N2O4S. The van der Waals surface area contributed by atoms with Crippen LogP contribution in [0.15, 0.2) is 29.2 Å². The lowest BCUT2D eigenvalue weighted by molar-refractivity contribution is -0.121. The standard InChI is InChI=1S/C16H26N2O4S/c1-16(2,3)13-5-7-14(8-6-13)23(20,21)18-11-10-17-15(19)9-12-22-4/h5-8,18H,9-12H2,1-4H3,(H,17,19). The van der Waals surface area contributed by atoms with Gasteiger partial charge < -0.3 is 10.1 Å². The van der Waals surface area contributed by atoms with Gasteiger partial charge in [0.1, 0.15) is 0 Å². The molecule has 1 aromatic carbocycles. The number of carbonyl (C=O) groups excluding carboxylic acids is 1. The van der Waals surface area contributed by atoms with E-state index in [1.807, 2.05) is 12.1 Å². The van der Waals surface area contributed by atoms with Crippen molar-refractivity contribution >= 4 is 15.9 Å². The molecule has 0 aliphatic carbocycles. The molecular weight excluding hydrogens is 316 g/mol. The van der Waals surface area contributed by atoms with Crippen molar-refractivity contribution in [2.45, 2.75) is 37.5 Å². The summed E-state index contributed by atoms with van der Waals surface area (Å²) in [6.45, 7) is 6.94. The highest BCUT2D eigenvalue weighted by Crippen LogP contribution is 2.23. The molecule has 130 valence electrons. The van der Waals surface area contributed by atoms with Gasteiger partial charge in [0.25, 0.3) is 0 Å². The average molecular weight is 342 g/mol. The number of ether oxygens (including phenoxy) is 1. The summed E-state index contributed by atoms with van der Waals surface area (Å²) in [4.78, 5) is 11.6. The summed E-state index contributed by atoms with van der Waals surface area (Å²) >= 11 is 0.